The molecule has 0 bridgehead atoms. The first-order valence-electron chi connectivity index (χ1n) is 12.7. The van der Waals surface area contributed by atoms with E-state index in [2.05, 4.69) is 4.90 Å². The second kappa shape index (κ2) is 8.84. The lowest BCUT2D eigenvalue weighted by atomic mass is 9.82. The third kappa shape index (κ3) is 3.32. The highest BCUT2D eigenvalue weighted by atomic mass is 16.7. The van der Waals surface area contributed by atoms with E-state index >= 15 is 0 Å². The number of likely N-dealkylation sites (N-methyl/N-ethyl adjacent to an activating group) is 1. The number of cyclic esters (lactones) is 1. The first kappa shape index (κ1) is 23.7. The Kier molecular flexibility index (Phi) is 5.38. The minimum absolute atomic E-state index is 0.0700. The molecule has 3 aliphatic rings. The molecule has 200 valence electrons. The van der Waals surface area contributed by atoms with Crippen molar-refractivity contribution >= 4 is 16.9 Å². The second-order valence-corrected chi connectivity index (χ2v) is 9.78. The summed E-state index contributed by atoms with van der Waals surface area (Å²) in [6, 6.07) is 13.2. The van der Waals surface area contributed by atoms with E-state index in [4.69, 9.17) is 32.8 Å². The summed E-state index contributed by atoms with van der Waals surface area (Å²) in [5, 5.41) is 0.994. The predicted molar refractivity (Wildman–Crippen MR) is 141 cm³/mol. The molecule has 4 aromatic rings. The molecule has 4 heterocycles. The molecule has 7 rings (SSSR count). The molecule has 9 heteroatoms. The first-order valence-corrected chi connectivity index (χ1v) is 12.7. The number of benzene rings is 3. The van der Waals surface area contributed by atoms with E-state index in [0.29, 0.717) is 53.0 Å². The number of furan rings is 1. The van der Waals surface area contributed by atoms with Crippen LogP contribution in [0.4, 0.5) is 0 Å². The third-order valence-electron chi connectivity index (χ3n) is 7.89. The van der Waals surface area contributed by atoms with Gasteiger partial charge in [0.25, 0.3) is 0 Å². The highest BCUT2D eigenvalue weighted by molar-refractivity contribution is 5.98. The van der Waals surface area contributed by atoms with E-state index < -0.39 is 12.1 Å². The van der Waals surface area contributed by atoms with Gasteiger partial charge >= 0.3 is 5.97 Å². The van der Waals surface area contributed by atoms with Gasteiger partial charge in [0.2, 0.25) is 12.5 Å². The lowest BCUT2D eigenvalue weighted by Gasteiger charge is -2.39. The van der Waals surface area contributed by atoms with E-state index in [9.17, 15) is 4.79 Å². The smallest absolute Gasteiger partial charge is 0.343 e. The Hall–Kier alpha value is -4.37. The number of hydrogen-bond acceptors (Lipinski definition) is 9. The third-order valence-corrected chi connectivity index (χ3v) is 7.89. The average Bonchev–Trinajstić information content (AvgIpc) is 3.68. The van der Waals surface area contributed by atoms with Gasteiger partial charge in [0.1, 0.15) is 23.0 Å². The number of methoxy groups -OCH3 is 3. The van der Waals surface area contributed by atoms with Crippen molar-refractivity contribution in [2.24, 2.45) is 0 Å². The van der Waals surface area contributed by atoms with Crippen LogP contribution < -0.4 is 23.7 Å². The van der Waals surface area contributed by atoms with E-state index in [1.807, 2.05) is 43.4 Å². The van der Waals surface area contributed by atoms with Gasteiger partial charge < -0.3 is 32.8 Å². The van der Waals surface area contributed by atoms with Crippen LogP contribution in [0, 0.1) is 0 Å². The van der Waals surface area contributed by atoms with Crippen LogP contribution in [0.3, 0.4) is 0 Å². The van der Waals surface area contributed by atoms with Gasteiger partial charge in [0.05, 0.1) is 32.9 Å². The summed E-state index contributed by atoms with van der Waals surface area (Å²) >= 11 is 0. The molecule has 2 unspecified atom stereocenters. The van der Waals surface area contributed by atoms with Crippen molar-refractivity contribution in [2.75, 3.05) is 41.7 Å². The number of hydrogen-bond donors (Lipinski definition) is 0. The molecule has 2 atom stereocenters. The zero-order chi connectivity index (χ0) is 26.8. The van der Waals surface area contributed by atoms with E-state index in [-0.39, 0.29) is 12.8 Å². The van der Waals surface area contributed by atoms with Gasteiger partial charge in [-0.2, -0.15) is 0 Å². The molecule has 1 aromatic heterocycles. The number of carbonyl (C=O) groups excluding carboxylic acids is 1. The number of fused-ring (bicyclic) bond motifs is 4. The Morgan fingerprint density at radius 1 is 0.923 bits per heavy atom. The zero-order valence-corrected chi connectivity index (χ0v) is 22.0. The lowest BCUT2D eigenvalue weighted by Crippen LogP contribution is -2.36. The zero-order valence-electron chi connectivity index (χ0n) is 22.0. The number of para-hydroxylation sites is 1. The standard InChI is InChI=1S/C30H27NO8/c1-31-12-11-16-21(20-13-15-7-5-6-8-18(15)38-20)28-29(37-14-36-28)27(35-4)22(16)24(31)25-17-9-10-19(33-2)26(34-3)23(17)30(32)39-25/h5-10,13,24-25H,11-12,14H2,1-4H3. The molecule has 0 saturated carbocycles. The van der Waals surface area contributed by atoms with Crippen LogP contribution in [0.5, 0.6) is 28.7 Å². The summed E-state index contributed by atoms with van der Waals surface area (Å²) in [5.41, 5.74) is 4.62. The summed E-state index contributed by atoms with van der Waals surface area (Å²) in [5.74, 6) is 2.76. The van der Waals surface area contributed by atoms with Crippen molar-refractivity contribution in [1.29, 1.82) is 0 Å². The fraction of sp³-hybridized carbons (Fsp3) is 0.300. The molecule has 0 fully saturated rings. The van der Waals surface area contributed by atoms with Gasteiger partial charge in [-0.3, -0.25) is 4.90 Å². The number of nitrogens with zero attached hydrogens (tertiary/aromatic N) is 1. The highest BCUT2D eigenvalue weighted by Gasteiger charge is 2.47. The topological polar surface area (TPSA) is 88.8 Å². The van der Waals surface area contributed by atoms with Crippen molar-refractivity contribution < 1.29 is 37.6 Å². The Balaban J connectivity index is 1.47. The highest BCUT2D eigenvalue weighted by Crippen LogP contribution is 2.59. The Morgan fingerprint density at radius 2 is 1.72 bits per heavy atom. The van der Waals surface area contributed by atoms with Gasteiger partial charge in [-0.05, 0) is 37.2 Å². The van der Waals surface area contributed by atoms with Gasteiger partial charge in [-0.1, -0.05) is 24.3 Å². The molecule has 39 heavy (non-hydrogen) atoms. The molecular weight excluding hydrogens is 502 g/mol. The number of esters is 1. The summed E-state index contributed by atoms with van der Waals surface area (Å²) in [7, 11) is 6.70. The van der Waals surface area contributed by atoms with Crippen LogP contribution in [0.25, 0.3) is 22.3 Å². The summed E-state index contributed by atoms with van der Waals surface area (Å²) in [6.45, 7) is 0.783. The van der Waals surface area contributed by atoms with E-state index in [0.717, 1.165) is 33.2 Å². The van der Waals surface area contributed by atoms with Crippen molar-refractivity contribution in [3.05, 3.63) is 64.7 Å². The maximum atomic E-state index is 13.2. The summed E-state index contributed by atoms with van der Waals surface area (Å²) < 4.78 is 41.4. The maximum absolute atomic E-state index is 13.2. The SMILES string of the molecule is COc1ccc2c(c1OC)C(=O)OC2C1c2c(c(-c3cc4ccccc4o3)c3c(c2OC)OCO3)CCN1C. The molecule has 0 aliphatic carbocycles. The molecule has 3 aliphatic heterocycles. The largest absolute Gasteiger partial charge is 0.493 e. The lowest BCUT2D eigenvalue weighted by molar-refractivity contribution is 0.00877. The molecule has 0 N–H and O–H groups in total. The second-order valence-electron chi connectivity index (χ2n) is 9.78. The van der Waals surface area contributed by atoms with Crippen molar-refractivity contribution in [1.82, 2.24) is 4.90 Å². The minimum Gasteiger partial charge on any atom is -0.493 e. The van der Waals surface area contributed by atoms with E-state index in [1.54, 1.807) is 20.3 Å². The number of carbonyl (C=O) groups is 1. The van der Waals surface area contributed by atoms with Crippen LogP contribution in [0.15, 0.2) is 46.9 Å². The molecule has 0 saturated heterocycles. The molecule has 3 aromatic carbocycles. The molecule has 0 radical (unpaired) electrons. The molecular formula is C30H27NO8. The first-order chi connectivity index (χ1) is 19.0. The normalized spacial score (nSPS) is 19.5. The Morgan fingerprint density at radius 3 is 2.49 bits per heavy atom. The maximum Gasteiger partial charge on any atom is 0.343 e. The van der Waals surface area contributed by atoms with Crippen LogP contribution >= 0.6 is 0 Å². The summed E-state index contributed by atoms with van der Waals surface area (Å²) in [4.78, 5) is 15.4. The Bertz CT molecular complexity index is 1610. The molecule has 9 nitrogen and oxygen atoms in total. The Labute approximate surface area is 224 Å². The van der Waals surface area contributed by atoms with Gasteiger partial charge in [-0.15, -0.1) is 0 Å². The summed E-state index contributed by atoms with van der Waals surface area (Å²) in [6.07, 6.45) is 0.0930. The van der Waals surface area contributed by atoms with Crippen LogP contribution in [-0.2, 0) is 11.2 Å². The monoisotopic (exact) mass is 529 g/mol. The van der Waals surface area contributed by atoms with Crippen molar-refractivity contribution in [3.63, 3.8) is 0 Å². The quantitative estimate of drug-likeness (QED) is 0.320. The van der Waals surface area contributed by atoms with Crippen LogP contribution in [-0.4, -0.2) is 52.6 Å². The minimum atomic E-state index is -0.617. The van der Waals surface area contributed by atoms with Gasteiger partial charge in [0.15, 0.2) is 23.0 Å². The van der Waals surface area contributed by atoms with E-state index in [1.165, 1.54) is 7.11 Å². The van der Waals surface area contributed by atoms with Crippen LogP contribution in [0.2, 0.25) is 0 Å². The van der Waals surface area contributed by atoms with Gasteiger partial charge in [-0.25, -0.2) is 4.79 Å². The van der Waals surface area contributed by atoms with Gasteiger partial charge in [0, 0.05) is 23.1 Å². The fourth-order valence-corrected chi connectivity index (χ4v) is 6.20. The predicted octanol–water partition coefficient (Wildman–Crippen LogP) is 5.30. The van der Waals surface area contributed by atoms with Crippen molar-refractivity contribution in [2.45, 2.75) is 18.6 Å². The van der Waals surface area contributed by atoms with Crippen LogP contribution in [0.1, 0.15) is 39.2 Å². The number of ether oxygens (including phenoxy) is 6. The molecule has 0 spiro atoms. The fourth-order valence-electron chi connectivity index (χ4n) is 6.20. The number of rotatable bonds is 5. The average molecular weight is 530 g/mol. The molecule has 0 amide bonds. The van der Waals surface area contributed by atoms with Crippen molar-refractivity contribution in [3.8, 4) is 40.1 Å².